The molecule has 0 atom stereocenters. The van der Waals surface area contributed by atoms with E-state index in [0.29, 0.717) is 21.3 Å². The Balaban J connectivity index is 1.63. The molecule has 2 aromatic rings. The van der Waals surface area contributed by atoms with Crippen LogP contribution in [0.4, 0.5) is 5.69 Å². The van der Waals surface area contributed by atoms with Crippen LogP contribution in [-0.4, -0.2) is 41.8 Å². The molecule has 6 nitrogen and oxygen atoms in total. The summed E-state index contributed by atoms with van der Waals surface area (Å²) in [6.07, 6.45) is 4.83. The molecule has 3 rings (SSSR count). The number of nitrogens with one attached hydrogen (secondary N) is 2. The van der Waals surface area contributed by atoms with Crippen molar-refractivity contribution >= 4 is 46.6 Å². The minimum absolute atomic E-state index is 0.0300. The summed E-state index contributed by atoms with van der Waals surface area (Å²) in [5, 5.41) is 6.03. The predicted molar refractivity (Wildman–Crippen MR) is 127 cm³/mol. The minimum atomic E-state index is -0.386. The highest BCUT2D eigenvalue weighted by Gasteiger charge is 2.28. The van der Waals surface area contributed by atoms with Gasteiger partial charge in [0.15, 0.2) is 0 Å². The van der Waals surface area contributed by atoms with E-state index in [1.54, 1.807) is 23.1 Å². The molecule has 1 aliphatic carbocycles. The number of nitrogens with zero attached hydrogens (tertiary/aromatic N) is 1. The Morgan fingerprint density at radius 1 is 0.969 bits per heavy atom. The van der Waals surface area contributed by atoms with Crippen molar-refractivity contribution < 1.29 is 14.4 Å². The second-order valence-electron chi connectivity index (χ2n) is 8.05. The van der Waals surface area contributed by atoms with Gasteiger partial charge in [-0.25, -0.2) is 0 Å². The molecule has 0 unspecified atom stereocenters. The highest BCUT2D eigenvalue weighted by Crippen LogP contribution is 2.27. The third-order valence-corrected chi connectivity index (χ3v) is 6.24. The lowest BCUT2D eigenvalue weighted by Gasteiger charge is -2.34. The Hall–Kier alpha value is -2.57. The van der Waals surface area contributed by atoms with Crippen LogP contribution in [0.5, 0.6) is 0 Å². The van der Waals surface area contributed by atoms with E-state index in [-0.39, 0.29) is 36.9 Å². The molecule has 170 valence electrons. The van der Waals surface area contributed by atoms with Gasteiger partial charge in [0.2, 0.25) is 11.8 Å². The quantitative estimate of drug-likeness (QED) is 0.601. The zero-order chi connectivity index (χ0) is 23.1. The molecule has 0 saturated heterocycles. The summed E-state index contributed by atoms with van der Waals surface area (Å²) in [5.41, 5.74) is 2.08. The topological polar surface area (TPSA) is 78.5 Å². The van der Waals surface area contributed by atoms with Crippen molar-refractivity contribution in [3.8, 4) is 0 Å². The van der Waals surface area contributed by atoms with Crippen molar-refractivity contribution in [1.29, 1.82) is 0 Å². The van der Waals surface area contributed by atoms with Crippen LogP contribution < -0.4 is 10.6 Å². The summed E-state index contributed by atoms with van der Waals surface area (Å²) in [5.74, 6) is -0.984. The number of hydrogen-bond donors (Lipinski definition) is 2. The number of carbonyl (C=O) groups is 3. The van der Waals surface area contributed by atoms with Gasteiger partial charge in [0.25, 0.3) is 5.91 Å². The van der Waals surface area contributed by atoms with Crippen LogP contribution in [0.2, 0.25) is 10.0 Å². The van der Waals surface area contributed by atoms with Gasteiger partial charge in [0, 0.05) is 17.3 Å². The summed E-state index contributed by atoms with van der Waals surface area (Å²) in [6.45, 7) is 1.63. The number of amides is 3. The molecule has 1 aliphatic rings. The molecule has 32 heavy (non-hydrogen) atoms. The first-order valence-corrected chi connectivity index (χ1v) is 11.5. The fourth-order valence-electron chi connectivity index (χ4n) is 3.87. The van der Waals surface area contributed by atoms with Gasteiger partial charge in [-0.1, -0.05) is 54.6 Å². The van der Waals surface area contributed by atoms with Gasteiger partial charge in [-0.15, -0.1) is 0 Å². The first-order valence-electron chi connectivity index (χ1n) is 10.7. The normalized spacial score (nSPS) is 14.0. The number of carbonyl (C=O) groups excluding carboxylic acids is 3. The number of benzene rings is 2. The zero-order valence-corrected chi connectivity index (χ0v) is 19.5. The lowest BCUT2D eigenvalue weighted by molar-refractivity contribution is -0.125. The van der Waals surface area contributed by atoms with Crippen molar-refractivity contribution in [2.45, 2.75) is 45.1 Å². The molecule has 2 aromatic carbocycles. The van der Waals surface area contributed by atoms with Crippen molar-refractivity contribution in [2.75, 3.05) is 18.4 Å². The van der Waals surface area contributed by atoms with E-state index in [2.05, 4.69) is 10.6 Å². The van der Waals surface area contributed by atoms with Gasteiger partial charge in [-0.05, 0) is 55.7 Å². The molecule has 0 aliphatic heterocycles. The van der Waals surface area contributed by atoms with Crippen molar-refractivity contribution in [2.24, 2.45) is 0 Å². The van der Waals surface area contributed by atoms with Gasteiger partial charge < -0.3 is 15.5 Å². The zero-order valence-electron chi connectivity index (χ0n) is 18.0. The van der Waals surface area contributed by atoms with Crippen molar-refractivity contribution in [3.63, 3.8) is 0 Å². The van der Waals surface area contributed by atoms with Crippen LogP contribution in [-0.2, 0) is 9.59 Å². The molecule has 1 fully saturated rings. The third kappa shape index (κ3) is 6.71. The highest BCUT2D eigenvalue weighted by molar-refractivity contribution is 6.42. The van der Waals surface area contributed by atoms with E-state index >= 15 is 0 Å². The molecule has 0 radical (unpaired) electrons. The highest BCUT2D eigenvalue weighted by atomic mass is 35.5. The molecule has 1 saturated carbocycles. The molecule has 3 amide bonds. The molecule has 0 heterocycles. The van der Waals surface area contributed by atoms with Crippen LogP contribution >= 0.6 is 23.2 Å². The number of anilines is 1. The Labute approximate surface area is 198 Å². The number of rotatable bonds is 7. The Morgan fingerprint density at radius 3 is 2.41 bits per heavy atom. The number of hydrogen-bond acceptors (Lipinski definition) is 3. The fourth-order valence-corrected chi connectivity index (χ4v) is 4.17. The third-order valence-electron chi connectivity index (χ3n) is 5.50. The van der Waals surface area contributed by atoms with Gasteiger partial charge in [-0.3, -0.25) is 14.4 Å². The van der Waals surface area contributed by atoms with Gasteiger partial charge in [-0.2, -0.15) is 0 Å². The molecular formula is C24H27Cl2N3O3. The maximum Gasteiger partial charge on any atom is 0.254 e. The van der Waals surface area contributed by atoms with E-state index in [1.165, 1.54) is 6.07 Å². The summed E-state index contributed by atoms with van der Waals surface area (Å²) < 4.78 is 0. The maximum absolute atomic E-state index is 13.2. The predicted octanol–water partition coefficient (Wildman–Crippen LogP) is 4.83. The smallest absolute Gasteiger partial charge is 0.254 e. The van der Waals surface area contributed by atoms with Crippen LogP contribution in [0, 0.1) is 6.92 Å². The largest absolute Gasteiger partial charge is 0.345 e. The van der Waals surface area contributed by atoms with Crippen molar-refractivity contribution in [1.82, 2.24) is 10.2 Å². The van der Waals surface area contributed by atoms with Crippen LogP contribution in [0.1, 0.15) is 48.0 Å². The van der Waals surface area contributed by atoms with Crippen molar-refractivity contribution in [3.05, 3.63) is 63.6 Å². The summed E-state index contributed by atoms with van der Waals surface area (Å²) in [6, 6.07) is 12.1. The van der Waals surface area contributed by atoms with E-state index in [4.69, 9.17) is 23.2 Å². The average molecular weight is 476 g/mol. The summed E-state index contributed by atoms with van der Waals surface area (Å²) in [7, 11) is 0. The Morgan fingerprint density at radius 2 is 1.72 bits per heavy atom. The van der Waals surface area contributed by atoms with Crippen LogP contribution in [0.25, 0.3) is 0 Å². The summed E-state index contributed by atoms with van der Waals surface area (Å²) >= 11 is 12.1. The maximum atomic E-state index is 13.2. The lowest BCUT2D eigenvalue weighted by atomic mass is 9.93. The first-order chi connectivity index (χ1) is 15.3. The van der Waals surface area contributed by atoms with Gasteiger partial charge >= 0.3 is 0 Å². The molecule has 2 N–H and O–H groups in total. The van der Waals surface area contributed by atoms with Crippen LogP contribution in [0.15, 0.2) is 42.5 Å². The lowest BCUT2D eigenvalue weighted by Crippen LogP contribution is -2.48. The SMILES string of the molecule is Cc1cccc(NC(=O)CNC(=O)CN(C(=O)c2ccc(Cl)c(Cl)c2)C2CCCCC2)c1. The van der Waals surface area contributed by atoms with Crippen LogP contribution in [0.3, 0.4) is 0 Å². The van der Waals surface area contributed by atoms with E-state index in [0.717, 1.165) is 37.7 Å². The number of aryl methyl sites for hydroxylation is 1. The van der Waals surface area contributed by atoms with E-state index < -0.39 is 0 Å². The molecular weight excluding hydrogens is 449 g/mol. The average Bonchev–Trinajstić information content (AvgIpc) is 2.78. The molecule has 0 aromatic heterocycles. The van der Waals surface area contributed by atoms with Gasteiger partial charge in [0.1, 0.15) is 6.54 Å². The minimum Gasteiger partial charge on any atom is -0.345 e. The molecule has 8 heteroatoms. The molecule has 0 bridgehead atoms. The monoisotopic (exact) mass is 475 g/mol. The molecule has 0 spiro atoms. The van der Waals surface area contributed by atoms with Gasteiger partial charge in [0.05, 0.1) is 16.6 Å². The fraction of sp³-hybridized carbons (Fsp3) is 0.375. The van der Waals surface area contributed by atoms with E-state index in [9.17, 15) is 14.4 Å². The second kappa shape index (κ2) is 11.3. The Bertz CT molecular complexity index is 990. The second-order valence-corrected chi connectivity index (χ2v) is 8.86. The first kappa shape index (κ1) is 24.1. The van der Waals surface area contributed by atoms with E-state index in [1.807, 2.05) is 25.1 Å². The Kier molecular flexibility index (Phi) is 8.53. The standard InChI is InChI=1S/C24H27Cl2N3O3/c1-16-6-5-7-18(12-16)28-22(30)14-27-23(31)15-29(19-8-3-2-4-9-19)24(32)17-10-11-20(25)21(26)13-17/h5-7,10-13,19H,2-4,8-9,14-15H2,1H3,(H,27,31)(H,28,30). The summed E-state index contributed by atoms with van der Waals surface area (Å²) in [4.78, 5) is 39.6. The number of halogens is 2.